The van der Waals surface area contributed by atoms with Gasteiger partial charge in [0.25, 0.3) is 0 Å². The molecule has 0 spiro atoms. The lowest BCUT2D eigenvalue weighted by Crippen LogP contribution is -2.06. The average Bonchev–Trinajstić information content (AvgIpc) is 2.80. The van der Waals surface area contributed by atoms with Crippen LogP contribution in [0, 0.1) is 6.92 Å². The van der Waals surface area contributed by atoms with Gasteiger partial charge in [-0.15, -0.1) is 0 Å². The van der Waals surface area contributed by atoms with Crippen molar-refractivity contribution in [1.29, 1.82) is 0 Å². The van der Waals surface area contributed by atoms with Crippen LogP contribution in [0.1, 0.15) is 23.5 Å². The number of hydrogen-bond acceptors (Lipinski definition) is 3. The molecule has 0 saturated carbocycles. The molecule has 1 aliphatic heterocycles. The molecule has 0 aliphatic carbocycles. The van der Waals surface area contributed by atoms with Crippen LogP contribution in [0.4, 0.5) is 8.78 Å². The summed E-state index contributed by atoms with van der Waals surface area (Å²) in [4.78, 5) is 8.58. The van der Waals surface area contributed by atoms with Crippen LogP contribution in [-0.2, 0) is 6.42 Å². The van der Waals surface area contributed by atoms with Crippen molar-refractivity contribution in [2.75, 3.05) is 6.54 Å². The summed E-state index contributed by atoms with van der Waals surface area (Å²) >= 11 is 0. The molecular formula is C13H12F2N4. The van der Waals surface area contributed by atoms with Crippen molar-refractivity contribution in [3.63, 3.8) is 0 Å². The summed E-state index contributed by atoms with van der Waals surface area (Å²) in [7, 11) is 0. The highest BCUT2D eigenvalue weighted by Gasteiger charge is 2.16. The van der Waals surface area contributed by atoms with Crippen molar-refractivity contribution in [2.24, 2.45) is 4.99 Å². The third kappa shape index (κ3) is 2.03. The third-order valence-corrected chi connectivity index (χ3v) is 3.25. The topological polar surface area (TPSA) is 43.1 Å². The molecule has 4 nitrogen and oxygen atoms in total. The Hall–Kier alpha value is -2.11. The molecule has 0 aromatic carbocycles. The van der Waals surface area contributed by atoms with Gasteiger partial charge in [0.1, 0.15) is 0 Å². The van der Waals surface area contributed by atoms with Crippen LogP contribution in [-0.4, -0.2) is 27.5 Å². The Balaban J connectivity index is 2.06. The Morgan fingerprint density at radius 1 is 1.32 bits per heavy atom. The fourth-order valence-electron chi connectivity index (χ4n) is 2.21. The number of alkyl halides is 2. The number of pyridine rings is 1. The summed E-state index contributed by atoms with van der Waals surface area (Å²) in [5.74, 6) is 0. The number of halogens is 2. The first-order chi connectivity index (χ1) is 9.16. The molecule has 0 bridgehead atoms. The van der Waals surface area contributed by atoms with E-state index in [1.807, 2.05) is 6.07 Å². The van der Waals surface area contributed by atoms with Crippen LogP contribution in [0.5, 0.6) is 0 Å². The molecular weight excluding hydrogens is 250 g/mol. The van der Waals surface area contributed by atoms with Crippen molar-refractivity contribution < 1.29 is 8.78 Å². The zero-order chi connectivity index (χ0) is 13.4. The Kier molecular flexibility index (Phi) is 2.85. The molecule has 0 fully saturated rings. The van der Waals surface area contributed by atoms with E-state index < -0.39 is 6.55 Å². The van der Waals surface area contributed by atoms with E-state index in [1.54, 1.807) is 19.3 Å². The van der Waals surface area contributed by atoms with Crippen LogP contribution < -0.4 is 0 Å². The Morgan fingerprint density at radius 3 is 2.89 bits per heavy atom. The summed E-state index contributed by atoms with van der Waals surface area (Å²) in [6.45, 7) is -0.245. The monoisotopic (exact) mass is 262 g/mol. The summed E-state index contributed by atoms with van der Waals surface area (Å²) in [5.41, 5.74) is 3.85. The maximum atomic E-state index is 12.7. The molecule has 3 rings (SSSR count). The highest BCUT2D eigenvalue weighted by molar-refractivity contribution is 5.84. The Morgan fingerprint density at radius 2 is 2.16 bits per heavy atom. The molecule has 2 aromatic heterocycles. The molecule has 0 radical (unpaired) electrons. The first-order valence-electron chi connectivity index (χ1n) is 5.98. The maximum Gasteiger partial charge on any atom is 0.333 e. The zero-order valence-corrected chi connectivity index (χ0v) is 10.3. The van der Waals surface area contributed by atoms with Gasteiger partial charge in [0.05, 0.1) is 11.9 Å². The molecule has 0 saturated heterocycles. The fourth-order valence-corrected chi connectivity index (χ4v) is 2.21. The average molecular weight is 262 g/mol. The molecule has 1 aliphatic rings. The summed E-state index contributed by atoms with van der Waals surface area (Å²) in [5, 5.41) is 3.71. The predicted octanol–water partition coefficient (Wildman–Crippen LogP) is 2.62. The number of nitrogens with zero attached hydrogens (tertiary/aromatic N) is 4. The number of aromatic nitrogens is 3. The van der Waals surface area contributed by atoms with Gasteiger partial charge in [0.15, 0.2) is 0 Å². The van der Waals surface area contributed by atoms with E-state index in [-0.39, 0.29) is 0 Å². The van der Waals surface area contributed by atoms with E-state index in [0.717, 1.165) is 29.8 Å². The van der Waals surface area contributed by atoms with Gasteiger partial charge < -0.3 is 0 Å². The lowest BCUT2D eigenvalue weighted by Gasteiger charge is -2.10. The standard InChI is InChI=1S/C13H12F2N4/c1-8-11(7-18-19(8)13(14)15)9-4-10-5-16-3-2-12(10)17-6-9/h4-7,13H,2-3H2,1H3. The summed E-state index contributed by atoms with van der Waals surface area (Å²) in [6.07, 6.45) is 5.76. The second kappa shape index (κ2) is 4.53. The Labute approximate surface area is 108 Å². The van der Waals surface area contributed by atoms with Crippen molar-refractivity contribution in [3.05, 3.63) is 35.4 Å². The fraction of sp³-hybridized carbons (Fsp3) is 0.308. The molecule has 0 N–H and O–H groups in total. The highest BCUT2D eigenvalue weighted by atomic mass is 19.3. The number of hydrogen-bond donors (Lipinski definition) is 0. The van der Waals surface area contributed by atoms with Gasteiger partial charge in [0, 0.05) is 47.8 Å². The highest BCUT2D eigenvalue weighted by Crippen LogP contribution is 2.26. The molecule has 19 heavy (non-hydrogen) atoms. The summed E-state index contributed by atoms with van der Waals surface area (Å²) in [6, 6.07) is 1.92. The molecule has 0 amide bonds. The second-order valence-electron chi connectivity index (χ2n) is 4.41. The SMILES string of the molecule is Cc1c(-c2cnc3c(c2)C=NCC3)cnn1C(F)F. The lowest BCUT2D eigenvalue weighted by molar-refractivity contribution is 0.0545. The van der Waals surface area contributed by atoms with Crippen LogP contribution in [0.3, 0.4) is 0 Å². The van der Waals surface area contributed by atoms with E-state index in [9.17, 15) is 8.78 Å². The van der Waals surface area contributed by atoms with Crippen molar-refractivity contribution in [2.45, 2.75) is 19.9 Å². The van der Waals surface area contributed by atoms with Gasteiger partial charge in [-0.3, -0.25) is 9.98 Å². The quantitative estimate of drug-likeness (QED) is 0.835. The first-order valence-corrected chi connectivity index (χ1v) is 5.98. The van der Waals surface area contributed by atoms with Gasteiger partial charge in [-0.05, 0) is 13.0 Å². The second-order valence-corrected chi connectivity index (χ2v) is 4.41. The number of aliphatic imine (C=N–C) groups is 1. The Bertz CT molecular complexity index is 646. The molecule has 6 heteroatoms. The molecule has 2 aromatic rings. The molecule has 0 unspecified atom stereocenters. The van der Waals surface area contributed by atoms with Gasteiger partial charge in [0.2, 0.25) is 0 Å². The predicted molar refractivity (Wildman–Crippen MR) is 67.6 cm³/mol. The molecule has 98 valence electrons. The minimum atomic E-state index is -2.62. The van der Waals surface area contributed by atoms with Gasteiger partial charge in [-0.25, -0.2) is 4.68 Å². The van der Waals surface area contributed by atoms with Crippen molar-refractivity contribution >= 4 is 6.21 Å². The normalized spacial score (nSPS) is 13.9. The van der Waals surface area contributed by atoms with Crippen LogP contribution >= 0.6 is 0 Å². The minimum absolute atomic E-state index is 0.435. The maximum absolute atomic E-state index is 12.7. The third-order valence-electron chi connectivity index (χ3n) is 3.25. The van der Waals surface area contributed by atoms with Crippen molar-refractivity contribution in [1.82, 2.24) is 14.8 Å². The minimum Gasteiger partial charge on any atom is -0.292 e. The zero-order valence-electron chi connectivity index (χ0n) is 10.3. The lowest BCUT2D eigenvalue weighted by atomic mass is 10.0. The van der Waals surface area contributed by atoms with E-state index >= 15 is 0 Å². The van der Waals surface area contributed by atoms with Gasteiger partial charge in [-0.2, -0.15) is 13.9 Å². The van der Waals surface area contributed by atoms with E-state index in [2.05, 4.69) is 15.1 Å². The van der Waals surface area contributed by atoms with Crippen molar-refractivity contribution in [3.8, 4) is 11.1 Å². The van der Waals surface area contributed by atoms with Crippen LogP contribution in [0.25, 0.3) is 11.1 Å². The molecule has 0 atom stereocenters. The van der Waals surface area contributed by atoms with Crippen LogP contribution in [0.15, 0.2) is 23.5 Å². The van der Waals surface area contributed by atoms with Gasteiger partial charge in [-0.1, -0.05) is 0 Å². The van der Waals surface area contributed by atoms with E-state index in [4.69, 9.17) is 0 Å². The first kappa shape index (κ1) is 12.0. The van der Waals surface area contributed by atoms with Crippen LogP contribution in [0.2, 0.25) is 0 Å². The smallest absolute Gasteiger partial charge is 0.292 e. The number of rotatable bonds is 2. The van der Waals surface area contributed by atoms with E-state index in [1.165, 1.54) is 6.20 Å². The molecule has 3 heterocycles. The largest absolute Gasteiger partial charge is 0.333 e. The number of fused-ring (bicyclic) bond motifs is 1. The van der Waals surface area contributed by atoms with E-state index in [0.29, 0.717) is 15.9 Å². The van der Waals surface area contributed by atoms with Gasteiger partial charge >= 0.3 is 6.55 Å². The summed E-state index contributed by atoms with van der Waals surface area (Å²) < 4.78 is 26.1.